The second kappa shape index (κ2) is 7.02. The summed E-state index contributed by atoms with van der Waals surface area (Å²) in [6.45, 7) is 5.51. The molecule has 8 nitrogen and oxygen atoms in total. The van der Waals surface area contributed by atoms with E-state index in [0.717, 1.165) is 42.1 Å². The number of amides is 1. The van der Waals surface area contributed by atoms with Crippen molar-refractivity contribution in [1.29, 1.82) is 0 Å². The molecular formula is C19H23N5O3. The van der Waals surface area contributed by atoms with Gasteiger partial charge in [-0.25, -0.2) is 9.78 Å². The molecule has 0 unspecified atom stereocenters. The molecule has 0 aliphatic carbocycles. The topological polar surface area (TPSA) is 97.0 Å². The van der Waals surface area contributed by atoms with E-state index >= 15 is 0 Å². The summed E-state index contributed by atoms with van der Waals surface area (Å²) >= 11 is 0. The number of benzene rings is 1. The highest BCUT2D eigenvalue weighted by Crippen LogP contribution is 2.25. The number of aromatic amines is 1. The fourth-order valence-electron chi connectivity index (χ4n) is 3.71. The summed E-state index contributed by atoms with van der Waals surface area (Å²) in [4.78, 5) is 31.1. The Labute approximate surface area is 156 Å². The number of aryl methyl sites for hydroxylation is 3. The summed E-state index contributed by atoms with van der Waals surface area (Å²) in [5.41, 5.74) is 2.33. The summed E-state index contributed by atoms with van der Waals surface area (Å²) < 4.78 is 6.81. The number of aromatic nitrogens is 4. The second-order valence-corrected chi connectivity index (χ2v) is 7.20. The third kappa shape index (κ3) is 3.51. The van der Waals surface area contributed by atoms with E-state index in [1.54, 1.807) is 10.6 Å². The molecule has 1 aromatic carbocycles. The molecule has 1 aliphatic rings. The molecule has 4 rings (SSSR count). The minimum absolute atomic E-state index is 0.0425. The van der Waals surface area contributed by atoms with Gasteiger partial charge in [-0.1, -0.05) is 6.07 Å². The van der Waals surface area contributed by atoms with Crippen molar-refractivity contribution in [1.82, 2.24) is 24.6 Å². The van der Waals surface area contributed by atoms with Gasteiger partial charge < -0.3 is 9.32 Å². The van der Waals surface area contributed by atoms with Crippen molar-refractivity contribution in [2.45, 2.75) is 45.6 Å². The van der Waals surface area contributed by atoms with E-state index in [2.05, 4.69) is 15.2 Å². The molecular weight excluding hydrogens is 346 g/mol. The number of nitrogens with one attached hydrogen (secondary N) is 1. The number of fused-ring (bicyclic) bond motifs is 1. The number of carbonyl (C=O) groups is 1. The van der Waals surface area contributed by atoms with E-state index in [1.807, 2.05) is 30.9 Å². The number of likely N-dealkylation sites (tertiary alicyclic amines) is 1. The van der Waals surface area contributed by atoms with Crippen molar-refractivity contribution in [3.05, 3.63) is 46.0 Å². The maximum Gasteiger partial charge on any atom is 0.419 e. The van der Waals surface area contributed by atoms with Gasteiger partial charge in [0.2, 0.25) is 5.91 Å². The lowest BCUT2D eigenvalue weighted by Gasteiger charge is -2.31. The summed E-state index contributed by atoms with van der Waals surface area (Å²) in [6.07, 6.45) is 2.17. The van der Waals surface area contributed by atoms with Crippen molar-refractivity contribution >= 4 is 17.0 Å². The predicted octanol–water partition coefficient (Wildman–Crippen LogP) is 2.13. The summed E-state index contributed by atoms with van der Waals surface area (Å²) in [6, 6.07) is 5.60. The normalized spacial score (nSPS) is 17.6. The molecule has 142 valence electrons. The van der Waals surface area contributed by atoms with E-state index in [1.165, 1.54) is 0 Å². The van der Waals surface area contributed by atoms with Crippen LogP contribution < -0.4 is 5.76 Å². The van der Waals surface area contributed by atoms with Gasteiger partial charge in [0.1, 0.15) is 5.82 Å². The minimum Gasteiger partial charge on any atom is -0.408 e. The van der Waals surface area contributed by atoms with Crippen molar-refractivity contribution in [3.8, 4) is 0 Å². The first kappa shape index (κ1) is 17.5. The van der Waals surface area contributed by atoms with Gasteiger partial charge in [-0.2, -0.15) is 5.10 Å². The van der Waals surface area contributed by atoms with Gasteiger partial charge >= 0.3 is 5.76 Å². The first-order chi connectivity index (χ1) is 13.0. The zero-order chi connectivity index (χ0) is 19.0. The van der Waals surface area contributed by atoms with Crippen LogP contribution in [0.1, 0.15) is 42.4 Å². The Morgan fingerprint density at radius 3 is 3.00 bits per heavy atom. The SMILES string of the molecule is Cc1ccc2oc(=O)n(CCC(=O)N3CCC[C@H](c4n[nH]c(C)n4)C3)c2c1. The molecule has 27 heavy (non-hydrogen) atoms. The zero-order valence-electron chi connectivity index (χ0n) is 15.6. The Hall–Kier alpha value is -2.90. The lowest BCUT2D eigenvalue weighted by Crippen LogP contribution is -2.40. The maximum absolute atomic E-state index is 12.7. The van der Waals surface area contributed by atoms with Crippen LogP contribution in [0.25, 0.3) is 11.1 Å². The highest BCUT2D eigenvalue weighted by molar-refractivity contribution is 5.77. The fourth-order valence-corrected chi connectivity index (χ4v) is 3.71. The molecule has 1 amide bonds. The number of carbonyl (C=O) groups excluding carboxylic acids is 1. The highest BCUT2D eigenvalue weighted by atomic mass is 16.4. The van der Waals surface area contributed by atoms with Crippen LogP contribution in [0.5, 0.6) is 0 Å². The number of hydrogen-bond donors (Lipinski definition) is 1. The summed E-state index contributed by atoms with van der Waals surface area (Å²) in [5, 5.41) is 7.11. The Morgan fingerprint density at radius 2 is 2.22 bits per heavy atom. The Kier molecular flexibility index (Phi) is 4.55. The van der Waals surface area contributed by atoms with Crippen LogP contribution in [0, 0.1) is 13.8 Å². The van der Waals surface area contributed by atoms with Crippen molar-refractivity contribution in [2.24, 2.45) is 0 Å². The van der Waals surface area contributed by atoms with Crippen LogP contribution in [-0.4, -0.2) is 43.6 Å². The molecule has 0 saturated carbocycles. The van der Waals surface area contributed by atoms with Gasteiger partial charge in [-0.3, -0.25) is 14.5 Å². The number of nitrogens with zero attached hydrogens (tertiary/aromatic N) is 4. The predicted molar refractivity (Wildman–Crippen MR) is 99.5 cm³/mol. The van der Waals surface area contributed by atoms with Gasteiger partial charge in [-0.05, 0) is 44.4 Å². The molecule has 1 fully saturated rings. The van der Waals surface area contributed by atoms with Crippen LogP contribution >= 0.6 is 0 Å². The van der Waals surface area contributed by atoms with E-state index in [0.29, 0.717) is 18.7 Å². The number of piperidine rings is 1. The zero-order valence-corrected chi connectivity index (χ0v) is 15.6. The molecule has 3 aromatic rings. The minimum atomic E-state index is -0.420. The van der Waals surface area contributed by atoms with Crippen LogP contribution in [-0.2, 0) is 11.3 Å². The molecule has 1 saturated heterocycles. The summed E-state index contributed by atoms with van der Waals surface area (Å²) in [7, 11) is 0. The number of H-pyrrole nitrogens is 1. The second-order valence-electron chi connectivity index (χ2n) is 7.20. The smallest absolute Gasteiger partial charge is 0.408 e. The number of hydrogen-bond acceptors (Lipinski definition) is 5. The van der Waals surface area contributed by atoms with E-state index in [9.17, 15) is 9.59 Å². The lowest BCUT2D eigenvalue weighted by atomic mass is 9.97. The molecule has 1 aliphatic heterocycles. The van der Waals surface area contributed by atoms with Gasteiger partial charge in [0.25, 0.3) is 0 Å². The third-order valence-corrected chi connectivity index (χ3v) is 5.13. The monoisotopic (exact) mass is 369 g/mol. The Balaban J connectivity index is 1.44. The molecule has 3 heterocycles. The van der Waals surface area contributed by atoms with Crippen molar-refractivity contribution in [3.63, 3.8) is 0 Å². The quantitative estimate of drug-likeness (QED) is 0.760. The molecule has 0 radical (unpaired) electrons. The summed E-state index contributed by atoms with van der Waals surface area (Å²) in [5.74, 6) is 1.34. The number of oxazole rings is 1. The van der Waals surface area contributed by atoms with Crippen LogP contribution in [0.15, 0.2) is 27.4 Å². The molecule has 1 atom stereocenters. The van der Waals surface area contributed by atoms with Gasteiger partial charge in [0.05, 0.1) is 5.52 Å². The van der Waals surface area contributed by atoms with Crippen molar-refractivity contribution in [2.75, 3.05) is 13.1 Å². The van der Waals surface area contributed by atoms with Crippen molar-refractivity contribution < 1.29 is 9.21 Å². The van der Waals surface area contributed by atoms with Gasteiger partial charge in [-0.15, -0.1) is 0 Å². The largest absolute Gasteiger partial charge is 0.419 e. The molecule has 0 bridgehead atoms. The third-order valence-electron chi connectivity index (χ3n) is 5.13. The molecule has 8 heteroatoms. The lowest BCUT2D eigenvalue weighted by molar-refractivity contribution is -0.132. The Bertz CT molecular complexity index is 1030. The van der Waals surface area contributed by atoms with E-state index in [4.69, 9.17) is 4.42 Å². The standard InChI is InChI=1S/C19H23N5O3/c1-12-5-6-16-15(10-12)24(19(26)27-16)9-7-17(25)23-8-3-4-14(11-23)18-20-13(2)21-22-18/h5-6,10,14H,3-4,7-9,11H2,1-2H3,(H,20,21,22)/t14-/m0/s1. The van der Waals surface area contributed by atoms with Gasteiger partial charge in [0.15, 0.2) is 11.4 Å². The Morgan fingerprint density at radius 1 is 1.37 bits per heavy atom. The average molecular weight is 369 g/mol. The first-order valence-corrected chi connectivity index (χ1v) is 9.28. The van der Waals surface area contributed by atoms with E-state index < -0.39 is 5.76 Å². The molecule has 0 spiro atoms. The molecule has 1 N–H and O–H groups in total. The van der Waals surface area contributed by atoms with Crippen LogP contribution in [0.3, 0.4) is 0 Å². The fraction of sp³-hybridized carbons (Fsp3) is 0.474. The average Bonchev–Trinajstić information content (AvgIpc) is 3.22. The van der Waals surface area contributed by atoms with Gasteiger partial charge in [0, 0.05) is 32.0 Å². The van der Waals surface area contributed by atoms with Crippen LogP contribution in [0.4, 0.5) is 0 Å². The van der Waals surface area contributed by atoms with Crippen LogP contribution in [0.2, 0.25) is 0 Å². The first-order valence-electron chi connectivity index (χ1n) is 9.28. The number of rotatable bonds is 4. The van der Waals surface area contributed by atoms with E-state index in [-0.39, 0.29) is 18.2 Å². The maximum atomic E-state index is 12.7. The highest BCUT2D eigenvalue weighted by Gasteiger charge is 2.27. The molecule has 2 aromatic heterocycles.